The van der Waals surface area contributed by atoms with Gasteiger partial charge in [-0.15, -0.1) is 0 Å². The number of nitrogens with one attached hydrogen (secondary N) is 1. The van der Waals surface area contributed by atoms with E-state index in [-0.39, 0.29) is 0 Å². The molecule has 110 valence electrons. The third kappa shape index (κ3) is 2.59. The predicted octanol–water partition coefficient (Wildman–Crippen LogP) is 3.40. The molecule has 1 heterocycles. The second-order valence-electron chi connectivity index (χ2n) is 5.24. The van der Waals surface area contributed by atoms with Crippen molar-refractivity contribution in [2.45, 2.75) is 25.8 Å². The number of methoxy groups -OCH3 is 1. The van der Waals surface area contributed by atoms with Crippen LogP contribution in [0.5, 0.6) is 17.4 Å². The lowest BCUT2D eigenvalue weighted by atomic mass is 10.1. The van der Waals surface area contributed by atoms with Gasteiger partial charge >= 0.3 is 0 Å². The second-order valence-corrected chi connectivity index (χ2v) is 5.24. The van der Waals surface area contributed by atoms with E-state index in [0.29, 0.717) is 11.9 Å². The number of fused-ring (bicyclic) bond motifs is 1. The zero-order valence-corrected chi connectivity index (χ0v) is 12.6. The summed E-state index contributed by atoms with van der Waals surface area (Å²) in [4.78, 5) is 4.35. The summed E-state index contributed by atoms with van der Waals surface area (Å²) in [7, 11) is 3.62. The van der Waals surface area contributed by atoms with Crippen molar-refractivity contribution in [2.75, 3.05) is 14.2 Å². The minimum Gasteiger partial charge on any atom is -0.481 e. The molecule has 2 aromatic rings. The monoisotopic (exact) mass is 284 g/mol. The molecule has 0 amide bonds. The summed E-state index contributed by atoms with van der Waals surface area (Å²) in [6, 6.07) is 10.4. The molecule has 21 heavy (non-hydrogen) atoms. The zero-order valence-electron chi connectivity index (χ0n) is 12.6. The highest BCUT2D eigenvalue weighted by Crippen LogP contribution is 2.38. The Balaban J connectivity index is 1.91. The normalized spacial score (nSPS) is 16.6. The van der Waals surface area contributed by atoms with E-state index in [1.807, 2.05) is 32.2 Å². The number of hydrogen-bond acceptors (Lipinski definition) is 4. The molecule has 0 saturated heterocycles. The van der Waals surface area contributed by atoms with Crippen molar-refractivity contribution >= 4 is 0 Å². The number of benzene rings is 1. The molecular formula is C17H20N2O2. The van der Waals surface area contributed by atoms with Gasteiger partial charge < -0.3 is 14.8 Å². The van der Waals surface area contributed by atoms with Crippen molar-refractivity contribution in [3.05, 3.63) is 47.2 Å². The van der Waals surface area contributed by atoms with Crippen molar-refractivity contribution < 1.29 is 9.47 Å². The topological polar surface area (TPSA) is 43.4 Å². The Labute approximate surface area is 125 Å². The summed E-state index contributed by atoms with van der Waals surface area (Å²) in [6.45, 7) is 1.93. The molecular weight excluding hydrogens is 264 g/mol. The molecule has 4 heteroatoms. The first-order chi connectivity index (χ1) is 10.2. The van der Waals surface area contributed by atoms with Crippen LogP contribution >= 0.6 is 0 Å². The van der Waals surface area contributed by atoms with Gasteiger partial charge in [-0.2, -0.15) is 0 Å². The van der Waals surface area contributed by atoms with Gasteiger partial charge in [-0.3, -0.25) is 0 Å². The maximum atomic E-state index is 6.10. The minimum atomic E-state index is 0.429. The molecule has 4 nitrogen and oxygen atoms in total. The van der Waals surface area contributed by atoms with E-state index in [0.717, 1.165) is 30.0 Å². The van der Waals surface area contributed by atoms with Crippen molar-refractivity contribution in [3.63, 3.8) is 0 Å². The van der Waals surface area contributed by atoms with Gasteiger partial charge in [-0.1, -0.05) is 12.1 Å². The molecule has 0 radical (unpaired) electrons. The maximum Gasteiger partial charge on any atom is 0.213 e. The highest BCUT2D eigenvalue weighted by molar-refractivity contribution is 5.47. The lowest BCUT2D eigenvalue weighted by Crippen LogP contribution is -2.12. The molecule has 3 rings (SSSR count). The smallest absolute Gasteiger partial charge is 0.213 e. The number of aryl methyl sites for hydroxylation is 1. The van der Waals surface area contributed by atoms with Gasteiger partial charge in [0.25, 0.3) is 0 Å². The molecule has 1 N–H and O–H groups in total. The largest absolute Gasteiger partial charge is 0.481 e. The van der Waals surface area contributed by atoms with Gasteiger partial charge in [0.2, 0.25) is 5.88 Å². The molecule has 1 atom stereocenters. The van der Waals surface area contributed by atoms with Gasteiger partial charge in [0, 0.05) is 12.1 Å². The third-order valence-electron chi connectivity index (χ3n) is 4.02. The molecule has 1 aromatic carbocycles. The Morgan fingerprint density at radius 1 is 1.19 bits per heavy atom. The number of pyridine rings is 1. The summed E-state index contributed by atoms with van der Waals surface area (Å²) in [5, 5.41) is 3.35. The van der Waals surface area contributed by atoms with E-state index >= 15 is 0 Å². The molecule has 0 aliphatic heterocycles. The molecule has 0 saturated carbocycles. The van der Waals surface area contributed by atoms with E-state index in [4.69, 9.17) is 9.47 Å². The molecule has 1 aromatic heterocycles. The zero-order chi connectivity index (χ0) is 14.8. The van der Waals surface area contributed by atoms with Crippen molar-refractivity contribution in [1.82, 2.24) is 10.3 Å². The van der Waals surface area contributed by atoms with Crippen LogP contribution in [0.1, 0.15) is 29.3 Å². The van der Waals surface area contributed by atoms with Crippen LogP contribution in [-0.2, 0) is 6.42 Å². The number of nitrogens with zero attached hydrogens (tertiary/aromatic N) is 1. The van der Waals surface area contributed by atoms with Gasteiger partial charge in [0.15, 0.2) is 0 Å². The van der Waals surface area contributed by atoms with Crippen LogP contribution in [0.15, 0.2) is 30.3 Å². The number of rotatable bonds is 4. The second kappa shape index (κ2) is 5.74. The van der Waals surface area contributed by atoms with Crippen molar-refractivity contribution in [1.29, 1.82) is 0 Å². The standard InChI is InChI=1S/C17H20N2O2/c1-11-15(9-10-17(19-11)20-3)21-16-6-4-5-12-13(16)7-8-14(12)18-2/h4-6,9-10,14,18H,7-8H2,1-3H3/t14-/m1/s1. The van der Waals surface area contributed by atoms with E-state index in [9.17, 15) is 0 Å². The molecule has 0 bridgehead atoms. The van der Waals surface area contributed by atoms with Crippen LogP contribution < -0.4 is 14.8 Å². The van der Waals surface area contributed by atoms with Crippen LogP contribution in [0.4, 0.5) is 0 Å². The lowest BCUT2D eigenvalue weighted by Gasteiger charge is -2.14. The summed E-state index contributed by atoms with van der Waals surface area (Å²) in [5.41, 5.74) is 3.47. The Morgan fingerprint density at radius 2 is 2.05 bits per heavy atom. The van der Waals surface area contributed by atoms with Gasteiger partial charge in [-0.25, -0.2) is 4.98 Å². The fourth-order valence-corrected chi connectivity index (χ4v) is 2.88. The van der Waals surface area contributed by atoms with E-state index < -0.39 is 0 Å². The number of hydrogen-bond donors (Lipinski definition) is 1. The average molecular weight is 284 g/mol. The summed E-state index contributed by atoms with van der Waals surface area (Å²) < 4.78 is 11.2. The highest BCUT2D eigenvalue weighted by Gasteiger charge is 2.24. The first-order valence-corrected chi connectivity index (χ1v) is 7.21. The van der Waals surface area contributed by atoms with Crippen LogP contribution in [0.3, 0.4) is 0 Å². The van der Waals surface area contributed by atoms with Crippen LogP contribution in [-0.4, -0.2) is 19.1 Å². The molecule has 1 aliphatic carbocycles. The Kier molecular flexibility index (Phi) is 3.80. The predicted molar refractivity (Wildman–Crippen MR) is 82.2 cm³/mol. The van der Waals surface area contributed by atoms with E-state index in [1.165, 1.54) is 11.1 Å². The van der Waals surface area contributed by atoms with Gasteiger partial charge in [0.05, 0.1) is 12.8 Å². The molecule has 1 aliphatic rings. The first kappa shape index (κ1) is 13.9. The Bertz CT molecular complexity index is 655. The average Bonchev–Trinajstić information content (AvgIpc) is 2.93. The quantitative estimate of drug-likeness (QED) is 0.934. The van der Waals surface area contributed by atoms with Gasteiger partial charge in [0.1, 0.15) is 11.5 Å². The molecule has 0 fully saturated rings. The Hall–Kier alpha value is -2.07. The van der Waals surface area contributed by atoms with E-state index in [2.05, 4.69) is 22.4 Å². The van der Waals surface area contributed by atoms with Gasteiger partial charge in [-0.05, 0) is 50.1 Å². The van der Waals surface area contributed by atoms with Crippen LogP contribution in [0.2, 0.25) is 0 Å². The fraction of sp³-hybridized carbons (Fsp3) is 0.353. The molecule has 0 spiro atoms. The van der Waals surface area contributed by atoms with E-state index in [1.54, 1.807) is 7.11 Å². The minimum absolute atomic E-state index is 0.429. The summed E-state index contributed by atoms with van der Waals surface area (Å²) in [5.74, 6) is 2.31. The van der Waals surface area contributed by atoms with Crippen molar-refractivity contribution in [2.24, 2.45) is 0 Å². The number of ether oxygens (including phenoxy) is 2. The number of aromatic nitrogens is 1. The maximum absolute atomic E-state index is 6.10. The molecule has 0 unspecified atom stereocenters. The highest BCUT2D eigenvalue weighted by atomic mass is 16.5. The Morgan fingerprint density at radius 3 is 2.76 bits per heavy atom. The first-order valence-electron chi connectivity index (χ1n) is 7.21. The summed E-state index contributed by atoms with van der Waals surface area (Å²) in [6.07, 6.45) is 2.16. The summed E-state index contributed by atoms with van der Waals surface area (Å²) >= 11 is 0. The van der Waals surface area contributed by atoms with Crippen LogP contribution in [0.25, 0.3) is 0 Å². The fourth-order valence-electron chi connectivity index (χ4n) is 2.88. The van der Waals surface area contributed by atoms with Crippen molar-refractivity contribution in [3.8, 4) is 17.4 Å². The SMILES string of the molecule is CN[C@@H]1CCc2c(Oc3ccc(OC)nc3C)cccc21. The van der Waals surface area contributed by atoms with Crippen LogP contribution in [0, 0.1) is 6.92 Å². The third-order valence-corrected chi connectivity index (χ3v) is 4.02. The lowest BCUT2D eigenvalue weighted by molar-refractivity contribution is 0.393.